The molecular formula is C49H95NO3. The normalized spacial score (nSPS) is 13.1. The molecule has 0 aromatic rings. The number of carbonyl (C=O) groups is 1. The first-order valence-corrected chi connectivity index (χ1v) is 24.1. The fourth-order valence-electron chi connectivity index (χ4n) is 7.49. The summed E-state index contributed by atoms with van der Waals surface area (Å²) in [7, 11) is 0. The highest BCUT2D eigenvalue weighted by Gasteiger charge is 2.17. The molecular weight excluding hydrogens is 651 g/mol. The number of carbonyl (C=O) groups excluding carboxylic acids is 1. The molecule has 314 valence electrons. The van der Waals surface area contributed by atoms with E-state index < -0.39 is 12.1 Å². The molecule has 2 unspecified atom stereocenters. The molecule has 1 amide bonds. The van der Waals surface area contributed by atoms with E-state index in [2.05, 4.69) is 31.3 Å². The van der Waals surface area contributed by atoms with Crippen LogP contribution < -0.4 is 5.32 Å². The van der Waals surface area contributed by atoms with Crippen molar-refractivity contribution in [3.63, 3.8) is 0 Å². The number of aliphatic hydroxyl groups excluding tert-OH is 2. The van der Waals surface area contributed by atoms with Crippen LogP contribution in [-0.4, -0.2) is 34.9 Å². The van der Waals surface area contributed by atoms with Crippen LogP contribution in [0.5, 0.6) is 0 Å². The number of nitrogens with one attached hydrogen (secondary N) is 1. The Balaban J connectivity index is 3.52. The Bertz CT molecular complexity index is 765. The second kappa shape index (κ2) is 45.3. The smallest absolute Gasteiger partial charge is 0.220 e. The van der Waals surface area contributed by atoms with Crippen molar-refractivity contribution in [3.05, 3.63) is 24.3 Å². The lowest BCUT2D eigenvalue weighted by Crippen LogP contribution is -2.45. The highest BCUT2D eigenvalue weighted by Crippen LogP contribution is 2.16. The van der Waals surface area contributed by atoms with Crippen molar-refractivity contribution in [2.45, 2.75) is 276 Å². The van der Waals surface area contributed by atoms with E-state index in [1.54, 1.807) is 6.08 Å². The molecule has 0 radical (unpaired) electrons. The van der Waals surface area contributed by atoms with E-state index in [-0.39, 0.29) is 12.5 Å². The monoisotopic (exact) mass is 746 g/mol. The van der Waals surface area contributed by atoms with Crippen LogP contribution in [0.25, 0.3) is 0 Å². The van der Waals surface area contributed by atoms with E-state index in [0.29, 0.717) is 6.42 Å². The minimum atomic E-state index is -0.858. The molecule has 0 heterocycles. The third-order valence-electron chi connectivity index (χ3n) is 11.2. The molecule has 3 N–H and O–H groups in total. The first-order chi connectivity index (χ1) is 26.2. The summed E-state index contributed by atoms with van der Waals surface area (Å²) in [6.07, 6.45) is 58.8. The second-order valence-electron chi connectivity index (χ2n) is 16.5. The Morgan fingerprint density at radius 3 is 1.09 bits per heavy atom. The molecule has 53 heavy (non-hydrogen) atoms. The van der Waals surface area contributed by atoms with Crippen molar-refractivity contribution < 1.29 is 15.0 Å². The van der Waals surface area contributed by atoms with Crippen molar-refractivity contribution in [1.82, 2.24) is 5.32 Å². The summed E-state index contributed by atoms with van der Waals surface area (Å²) >= 11 is 0. The topological polar surface area (TPSA) is 69.6 Å². The van der Waals surface area contributed by atoms with Gasteiger partial charge in [-0.25, -0.2) is 0 Å². The van der Waals surface area contributed by atoms with Gasteiger partial charge in [-0.05, 0) is 32.1 Å². The number of hydrogen-bond donors (Lipinski definition) is 3. The van der Waals surface area contributed by atoms with Crippen molar-refractivity contribution >= 4 is 5.91 Å². The van der Waals surface area contributed by atoms with Gasteiger partial charge in [0.05, 0.1) is 18.8 Å². The van der Waals surface area contributed by atoms with Crippen LogP contribution in [0.15, 0.2) is 24.3 Å². The first-order valence-electron chi connectivity index (χ1n) is 24.1. The van der Waals surface area contributed by atoms with Gasteiger partial charge >= 0.3 is 0 Å². The highest BCUT2D eigenvalue weighted by molar-refractivity contribution is 5.76. The van der Waals surface area contributed by atoms with Gasteiger partial charge in [0.1, 0.15) is 0 Å². The molecule has 4 heteroatoms. The van der Waals surface area contributed by atoms with Gasteiger partial charge in [0, 0.05) is 6.42 Å². The van der Waals surface area contributed by atoms with Gasteiger partial charge in [0.15, 0.2) is 0 Å². The maximum atomic E-state index is 12.4. The fourth-order valence-corrected chi connectivity index (χ4v) is 7.49. The lowest BCUT2D eigenvalue weighted by atomic mass is 10.0. The summed E-state index contributed by atoms with van der Waals surface area (Å²) in [4.78, 5) is 12.4. The van der Waals surface area contributed by atoms with Crippen LogP contribution in [0.3, 0.4) is 0 Å². The molecule has 2 atom stereocenters. The quantitative estimate of drug-likeness (QED) is 0.0430. The Hall–Kier alpha value is -1.13. The lowest BCUT2D eigenvalue weighted by molar-refractivity contribution is -0.123. The minimum Gasteiger partial charge on any atom is -0.394 e. The average Bonchev–Trinajstić information content (AvgIpc) is 3.16. The Morgan fingerprint density at radius 1 is 0.434 bits per heavy atom. The molecule has 0 rings (SSSR count). The van der Waals surface area contributed by atoms with Gasteiger partial charge in [-0.3, -0.25) is 4.79 Å². The van der Waals surface area contributed by atoms with Crippen LogP contribution in [0, 0.1) is 0 Å². The number of rotatable bonds is 44. The summed E-state index contributed by atoms with van der Waals surface area (Å²) < 4.78 is 0. The molecule has 0 aliphatic rings. The van der Waals surface area contributed by atoms with Crippen molar-refractivity contribution in [1.29, 1.82) is 0 Å². The number of allylic oxidation sites excluding steroid dienone is 3. The molecule has 0 fully saturated rings. The van der Waals surface area contributed by atoms with Crippen LogP contribution in [0.2, 0.25) is 0 Å². The van der Waals surface area contributed by atoms with Crippen molar-refractivity contribution in [2.24, 2.45) is 0 Å². The number of hydrogen-bond acceptors (Lipinski definition) is 3. The van der Waals surface area contributed by atoms with Crippen LogP contribution >= 0.6 is 0 Å². The molecule has 0 saturated carbocycles. The predicted octanol–water partition coefficient (Wildman–Crippen LogP) is 15.2. The molecule has 0 bridgehead atoms. The molecule has 0 aliphatic heterocycles. The number of unbranched alkanes of at least 4 members (excludes halogenated alkanes) is 35. The maximum Gasteiger partial charge on any atom is 0.220 e. The maximum absolute atomic E-state index is 12.4. The lowest BCUT2D eigenvalue weighted by Gasteiger charge is -2.19. The third kappa shape index (κ3) is 41.9. The van der Waals surface area contributed by atoms with Gasteiger partial charge in [-0.1, -0.05) is 250 Å². The van der Waals surface area contributed by atoms with Crippen LogP contribution in [-0.2, 0) is 4.79 Å². The van der Waals surface area contributed by atoms with E-state index in [4.69, 9.17) is 0 Å². The third-order valence-corrected chi connectivity index (χ3v) is 11.2. The number of amides is 1. The Labute approximate surface area is 332 Å². The largest absolute Gasteiger partial charge is 0.394 e. The first kappa shape index (κ1) is 51.9. The summed E-state index contributed by atoms with van der Waals surface area (Å²) in [5, 5.41) is 23.0. The van der Waals surface area contributed by atoms with E-state index >= 15 is 0 Å². The second-order valence-corrected chi connectivity index (χ2v) is 16.5. The molecule has 0 aromatic heterocycles. The standard InChI is InChI=1S/C49H95NO3/c1-3-5-7-9-11-13-15-17-19-21-22-23-24-25-26-27-29-31-33-35-37-39-41-43-45-49(53)50-47(46-51)48(52)44-42-40-38-36-34-32-30-28-20-18-16-14-12-10-8-6-4-2/h34,36,42,44,47-48,51-52H,3-33,35,37-41,43,45-46H2,1-2H3,(H,50,53)/b36-34+,44-42+. The minimum absolute atomic E-state index is 0.0688. The average molecular weight is 746 g/mol. The Morgan fingerprint density at radius 2 is 0.736 bits per heavy atom. The zero-order valence-corrected chi connectivity index (χ0v) is 36.1. The highest BCUT2D eigenvalue weighted by atomic mass is 16.3. The van der Waals surface area contributed by atoms with E-state index in [9.17, 15) is 15.0 Å². The zero-order valence-electron chi connectivity index (χ0n) is 36.1. The van der Waals surface area contributed by atoms with Gasteiger partial charge in [-0.15, -0.1) is 0 Å². The van der Waals surface area contributed by atoms with Gasteiger partial charge in [-0.2, -0.15) is 0 Å². The van der Waals surface area contributed by atoms with Gasteiger partial charge in [0.2, 0.25) is 5.91 Å². The fraction of sp³-hybridized carbons (Fsp3) is 0.898. The van der Waals surface area contributed by atoms with Gasteiger partial charge in [0.25, 0.3) is 0 Å². The number of aliphatic hydroxyl groups is 2. The SMILES string of the molecule is CCCCCCCCCCCCC/C=C/CC/C=C/C(O)C(CO)NC(=O)CCCCCCCCCCCCCCCCCCCCCCCCCC. The summed E-state index contributed by atoms with van der Waals surface area (Å²) in [5.74, 6) is -0.0688. The molecule has 0 saturated heterocycles. The predicted molar refractivity (Wildman–Crippen MR) is 235 cm³/mol. The van der Waals surface area contributed by atoms with E-state index in [1.165, 1.54) is 212 Å². The summed E-state index contributed by atoms with van der Waals surface area (Å²) in [5.41, 5.74) is 0. The van der Waals surface area contributed by atoms with Gasteiger partial charge < -0.3 is 15.5 Å². The molecule has 0 aromatic carbocycles. The van der Waals surface area contributed by atoms with Crippen molar-refractivity contribution in [3.8, 4) is 0 Å². The van der Waals surface area contributed by atoms with Crippen LogP contribution in [0.4, 0.5) is 0 Å². The summed E-state index contributed by atoms with van der Waals surface area (Å²) in [6, 6.07) is -0.635. The van der Waals surface area contributed by atoms with Crippen molar-refractivity contribution in [2.75, 3.05) is 6.61 Å². The van der Waals surface area contributed by atoms with E-state index in [0.717, 1.165) is 32.1 Å². The van der Waals surface area contributed by atoms with Crippen LogP contribution in [0.1, 0.15) is 264 Å². The molecule has 4 nitrogen and oxygen atoms in total. The molecule has 0 aliphatic carbocycles. The molecule has 0 spiro atoms. The Kier molecular flexibility index (Phi) is 44.3. The zero-order chi connectivity index (χ0) is 38.6. The van der Waals surface area contributed by atoms with E-state index in [1.807, 2.05) is 6.08 Å². The summed E-state index contributed by atoms with van der Waals surface area (Å²) in [6.45, 7) is 4.32.